The first-order valence-corrected chi connectivity index (χ1v) is 6.76. The number of hydrogen-bond donors (Lipinski definition) is 2. The molecule has 1 aliphatic rings. The van der Waals surface area contributed by atoms with Crippen LogP contribution < -0.4 is 5.73 Å². The number of hydrogen-bond acceptors (Lipinski definition) is 3. The number of nitrogens with two attached hydrogens (primary N) is 1. The molecule has 102 valence electrons. The van der Waals surface area contributed by atoms with Gasteiger partial charge in [-0.1, -0.05) is 24.5 Å². The zero-order chi connectivity index (χ0) is 13.7. The van der Waals surface area contributed by atoms with Crippen molar-refractivity contribution >= 4 is 11.5 Å². The molecule has 0 amide bonds. The van der Waals surface area contributed by atoms with Crippen LogP contribution in [0.15, 0.2) is 34.6 Å². The molecule has 0 bridgehead atoms. The molecule has 0 atom stereocenters. The number of nitrogens with one attached hydrogen (secondary N) is 1. The molecule has 0 heterocycles. The zero-order valence-electron chi connectivity index (χ0n) is 11.3. The Morgan fingerprint density at radius 3 is 2.42 bits per heavy atom. The summed E-state index contributed by atoms with van der Waals surface area (Å²) in [5, 5.41) is 17.8. The molecule has 19 heavy (non-hydrogen) atoms. The lowest BCUT2D eigenvalue weighted by Gasteiger charge is -2.27. The standard InChI is InChI=1S/C14H21N5/c1-19(13-5-3-2-4-6-13)18-17-12-9-7-11(8-10-12)14(15)16/h7-10,13H,2-6H2,1H3,(H3,15,16). The maximum atomic E-state index is 7.33. The van der Waals surface area contributed by atoms with E-state index in [1.54, 1.807) is 12.1 Å². The fraction of sp³-hybridized carbons (Fsp3) is 0.500. The number of rotatable bonds is 4. The molecule has 0 aliphatic heterocycles. The molecule has 0 spiro atoms. The molecule has 0 radical (unpaired) electrons. The number of nitrogen functional groups attached to an aromatic ring is 1. The predicted molar refractivity (Wildman–Crippen MR) is 76.6 cm³/mol. The van der Waals surface area contributed by atoms with Gasteiger partial charge in [0, 0.05) is 18.7 Å². The summed E-state index contributed by atoms with van der Waals surface area (Å²) in [4.78, 5) is 0. The van der Waals surface area contributed by atoms with E-state index >= 15 is 0 Å². The van der Waals surface area contributed by atoms with Crippen molar-refractivity contribution in [3.05, 3.63) is 29.8 Å². The maximum Gasteiger partial charge on any atom is 0.122 e. The van der Waals surface area contributed by atoms with Gasteiger partial charge in [0.05, 0.1) is 5.69 Å². The summed E-state index contributed by atoms with van der Waals surface area (Å²) in [6.07, 6.45) is 6.33. The Hall–Kier alpha value is -1.91. The number of benzene rings is 1. The highest BCUT2D eigenvalue weighted by Crippen LogP contribution is 2.22. The van der Waals surface area contributed by atoms with Crippen LogP contribution in [0.2, 0.25) is 0 Å². The second-order valence-corrected chi connectivity index (χ2v) is 5.02. The van der Waals surface area contributed by atoms with Crippen LogP contribution in [0.5, 0.6) is 0 Å². The molecular weight excluding hydrogens is 238 g/mol. The molecule has 0 unspecified atom stereocenters. The molecule has 0 saturated heterocycles. The van der Waals surface area contributed by atoms with E-state index in [2.05, 4.69) is 10.3 Å². The summed E-state index contributed by atoms with van der Waals surface area (Å²) in [7, 11) is 1.99. The van der Waals surface area contributed by atoms with E-state index in [9.17, 15) is 0 Å². The van der Waals surface area contributed by atoms with Gasteiger partial charge in [-0.15, -0.1) is 5.11 Å². The highest BCUT2D eigenvalue weighted by Gasteiger charge is 2.16. The fourth-order valence-electron chi connectivity index (χ4n) is 2.36. The molecule has 5 nitrogen and oxygen atoms in total. The first-order chi connectivity index (χ1) is 9.16. The van der Waals surface area contributed by atoms with Gasteiger partial charge in [-0.3, -0.25) is 10.4 Å². The minimum Gasteiger partial charge on any atom is -0.384 e. The molecule has 2 rings (SSSR count). The number of nitrogens with zero attached hydrogens (tertiary/aromatic N) is 3. The monoisotopic (exact) mass is 259 g/mol. The average Bonchev–Trinajstić information content (AvgIpc) is 2.46. The normalized spacial score (nSPS) is 16.7. The summed E-state index contributed by atoms with van der Waals surface area (Å²) in [6.45, 7) is 0. The average molecular weight is 259 g/mol. The van der Waals surface area contributed by atoms with Crippen LogP contribution in [0.3, 0.4) is 0 Å². The Balaban J connectivity index is 1.95. The van der Waals surface area contributed by atoms with Gasteiger partial charge < -0.3 is 5.73 Å². The van der Waals surface area contributed by atoms with Crippen LogP contribution >= 0.6 is 0 Å². The summed E-state index contributed by atoms with van der Waals surface area (Å²) in [5.74, 6) is 0.0720. The molecule has 1 aromatic rings. The quantitative estimate of drug-likeness (QED) is 0.377. The van der Waals surface area contributed by atoms with Gasteiger partial charge in [-0.05, 0) is 37.1 Å². The smallest absolute Gasteiger partial charge is 0.122 e. The first-order valence-electron chi connectivity index (χ1n) is 6.76. The molecular formula is C14H21N5. The Bertz CT molecular complexity index is 445. The van der Waals surface area contributed by atoms with Crippen molar-refractivity contribution in [1.82, 2.24) is 5.01 Å². The molecule has 1 aliphatic carbocycles. The zero-order valence-corrected chi connectivity index (χ0v) is 11.3. The van der Waals surface area contributed by atoms with Gasteiger partial charge in [0.1, 0.15) is 5.84 Å². The van der Waals surface area contributed by atoms with Gasteiger partial charge in [0.25, 0.3) is 0 Å². The third kappa shape index (κ3) is 3.77. The minimum absolute atomic E-state index is 0.0720. The van der Waals surface area contributed by atoms with Gasteiger partial charge in [-0.2, -0.15) is 0 Å². The van der Waals surface area contributed by atoms with Crippen molar-refractivity contribution in [2.45, 2.75) is 38.1 Å². The van der Waals surface area contributed by atoms with Gasteiger partial charge >= 0.3 is 0 Å². The molecule has 1 fully saturated rings. The van der Waals surface area contributed by atoms with Gasteiger partial charge in [-0.25, -0.2) is 0 Å². The van der Waals surface area contributed by atoms with Crippen molar-refractivity contribution in [2.75, 3.05) is 7.05 Å². The van der Waals surface area contributed by atoms with Crippen LogP contribution in [0.4, 0.5) is 5.69 Å². The van der Waals surface area contributed by atoms with Crippen molar-refractivity contribution in [2.24, 2.45) is 16.1 Å². The summed E-state index contributed by atoms with van der Waals surface area (Å²) >= 11 is 0. The van der Waals surface area contributed by atoms with Crippen molar-refractivity contribution in [1.29, 1.82) is 5.41 Å². The van der Waals surface area contributed by atoms with Crippen molar-refractivity contribution in [3.63, 3.8) is 0 Å². The molecule has 3 N–H and O–H groups in total. The highest BCUT2D eigenvalue weighted by atomic mass is 15.5. The summed E-state index contributed by atoms with van der Waals surface area (Å²) in [6, 6.07) is 7.76. The van der Waals surface area contributed by atoms with E-state index in [0.717, 1.165) is 5.69 Å². The van der Waals surface area contributed by atoms with E-state index in [0.29, 0.717) is 11.6 Å². The molecule has 1 aromatic carbocycles. The number of amidine groups is 1. The van der Waals surface area contributed by atoms with Crippen molar-refractivity contribution in [3.8, 4) is 0 Å². The Kier molecular flexibility index (Phi) is 4.49. The van der Waals surface area contributed by atoms with Gasteiger partial charge in [0.15, 0.2) is 0 Å². The third-order valence-corrected chi connectivity index (χ3v) is 3.58. The maximum absolute atomic E-state index is 7.33. The predicted octanol–water partition coefficient (Wildman–Crippen LogP) is 3.23. The van der Waals surface area contributed by atoms with E-state index in [-0.39, 0.29) is 5.84 Å². The Labute approximate surface area is 114 Å². The van der Waals surface area contributed by atoms with Crippen LogP contribution in [-0.4, -0.2) is 23.9 Å². The van der Waals surface area contributed by atoms with E-state index < -0.39 is 0 Å². The first kappa shape index (κ1) is 13.5. The highest BCUT2D eigenvalue weighted by molar-refractivity contribution is 5.95. The van der Waals surface area contributed by atoms with Crippen molar-refractivity contribution < 1.29 is 0 Å². The van der Waals surface area contributed by atoms with Crippen LogP contribution in [-0.2, 0) is 0 Å². The van der Waals surface area contributed by atoms with E-state index in [1.165, 1.54) is 32.1 Å². The molecule has 1 saturated carbocycles. The minimum atomic E-state index is 0.0720. The van der Waals surface area contributed by atoms with Crippen LogP contribution in [0.25, 0.3) is 0 Å². The van der Waals surface area contributed by atoms with Gasteiger partial charge in [0.2, 0.25) is 0 Å². The SMILES string of the molecule is CN(N=Nc1ccc(C(=N)N)cc1)C1CCCCC1. The lowest BCUT2D eigenvalue weighted by Crippen LogP contribution is -2.28. The fourth-order valence-corrected chi connectivity index (χ4v) is 2.36. The molecule has 0 aromatic heterocycles. The lowest BCUT2D eigenvalue weighted by molar-refractivity contribution is 0.187. The molecule has 5 heteroatoms. The largest absolute Gasteiger partial charge is 0.384 e. The van der Waals surface area contributed by atoms with Crippen LogP contribution in [0, 0.1) is 5.41 Å². The van der Waals surface area contributed by atoms with Crippen LogP contribution in [0.1, 0.15) is 37.7 Å². The summed E-state index contributed by atoms with van der Waals surface area (Å²) < 4.78 is 0. The topological polar surface area (TPSA) is 77.8 Å². The second-order valence-electron chi connectivity index (χ2n) is 5.02. The lowest BCUT2D eigenvalue weighted by atomic mass is 9.95. The van der Waals surface area contributed by atoms with E-state index in [4.69, 9.17) is 11.1 Å². The van der Waals surface area contributed by atoms with E-state index in [1.807, 2.05) is 24.2 Å². The Morgan fingerprint density at radius 1 is 1.21 bits per heavy atom. The Morgan fingerprint density at radius 2 is 1.84 bits per heavy atom. The summed E-state index contributed by atoms with van der Waals surface area (Å²) in [5.41, 5.74) is 6.90. The second kappa shape index (κ2) is 6.31. The third-order valence-electron chi connectivity index (χ3n) is 3.58.